The fraction of sp³-hybridized carbons (Fsp3) is 0.556. The van der Waals surface area contributed by atoms with Crippen molar-refractivity contribution in [3.05, 3.63) is 35.4 Å². The SMILES string of the molecule is NC(=O)c1cccc(CC2CCN(C(=O)C3CCS(=O)(=O)CC3)C2)c1. The molecule has 2 fully saturated rings. The second kappa shape index (κ2) is 7.15. The molecule has 6 nitrogen and oxygen atoms in total. The summed E-state index contributed by atoms with van der Waals surface area (Å²) < 4.78 is 23.0. The van der Waals surface area contributed by atoms with Crippen molar-refractivity contribution in [1.82, 2.24) is 4.90 Å². The van der Waals surface area contributed by atoms with E-state index in [0.29, 0.717) is 30.9 Å². The van der Waals surface area contributed by atoms with Crippen LogP contribution >= 0.6 is 0 Å². The van der Waals surface area contributed by atoms with Crippen LogP contribution in [0.15, 0.2) is 24.3 Å². The van der Waals surface area contributed by atoms with Gasteiger partial charge in [0, 0.05) is 24.6 Å². The topological polar surface area (TPSA) is 97.5 Å². The minimum absolute atomic E-state index is 0.100. The Labute approximate surface area is 148 Å². The van der Waals surface area contributed by atoms with E-state index in [0.717, 1.165) is 24.9 Å². The number of hydrogen-bond donors (Lipinski definition) is 1. The zero-order chi connectivity index (χ0) is 18.0. The molecular formula is C18H24N2O4S. The van der Waals surface area contributed by atoms with Gasteiger partial charge in [-0.05, 0) is 49.3 Å². The lowest BCUT2D eigenvalue weighted by molar-refractivity contribution is -0.134. The van der Waals surface area contributed by atoms with Gasteiger partial charge < -0.3 is 10.6 Å². The summed E-state index contributed by atoms with van der Waals surface area (Å²) in [7, 11) is -2.94. The lowest BCUT2D eigenvalue weighted by atomic mass is 9.97. The second-order valence-electron chi connectivity index (χ2n) is 7.13. The van der Waals surface area contributed by atoms with Crippen LogP contribution < -0.4 is 5.73 Å². The Morgan fingerprint density at radius 1 is 1.16 bits per heavy atom. The van der Waals surface area contributed by atoms with Gasteiger partial charge in [0.1, 0.15) is 9.84 Å². The Morgan fingerprint density at radius 2 is 1.88 bits per heavy atom. The molecule has 0 aromatic heterocycles. The maximum atomic E-state index is 12.6. The largest absolute Gasteiger partial charge is 0.366 e. The van der Waals surface area contributed by atoms with E-state index >= 15 is 0 Å². The van der Waals surface area contributed by atoms with E-state index in [2.05, 4.69) is 0 Å². The van der Waals surface area contributed by atoms with Crippen molar-refractivity contribution in [3.8, 4) is 0 Å². The van der Waals surface area contributed by atoms with Crippen LogP contribution in [0.5, 0.6) is 0 Å². The highest BCUT2D eigenvalue weighted by Gasteiger charge is 2.34. The molecule has 0 bridgehead atoms. The molecule has 2 saturated heterocycles. The highest BCUT2D eigenvalue weighted by molar-refractivity contribution is 7.91. The van der Waals surface area contributed by atoms with Crippen molar-refractivity contribution >= 4 is 21.7 Å². The summed E-state index contributed by atoms with van der Waals surface area (Å²) in [6.07, 6.45) is 2.63. The van der Waals surface area contributed by atoms with Crippen LogP contribution in [0.25, 0.3) is 0 Å². The standard InChI is InChI=1S/C18H24N2O4S/c19-17(21)16-3-1-2-13(11-16)10-14-4-7-20(12-14)18(22)15-5-8-25(23,24)9-6-15/h1-3,11,14-15H,4-10,12H2,(H2,19,21). The van der Waals surface area contributed by atoms with E-state index in [1.807, 2.05) is 23.1 Å². The quantitative estimate of drug-likeness (QED) is 0.862. The number of amides is 2. The third kappa shape index (κ3) is 4.39. The highest BCUT2D eigenvalue weighted by atomic mass is 32.2. The second-order valence-corrected chi connectivity index (χ2v) is 9.44. The first kappa shape index (κ1) is 17.9. The summed E-state index contributed by atoms with van der Waals surface area (Å²) in [5.74, 6) is 0.127. The first-order chi connectivity index (χ1) is 11.8. The molecule has 1 unspecified atom stereocenters. The van der Waals surface area contributed by atoms with Crippen LogP contribution in [-0.2, 0) is 21.1 Å². The summed E-state index contributed by atoms with van der Waals surface area (Å²) in [4.78, 5) is 25.8. The molecule has 7 heteroatoms. The lowest BCUT2D eigenvalue weighted by Gasteiger charge is -2.26. The van der Waals surface area contributed by atoms with Crippen LogP contribution in [0, 0.1) is 11.8 Å². The molecule has 25 heavy (non-hydrogen) atoms. The minimum atomic E-state index is -2.94. The van der Waals surface area contributed by atoms with Crippen molar-refractivity contribution in [1.29, 1.82) is 0 Å². The average Bonchev–Trinajstić information content (AvgIpc) is 3.03. The zero-order valence-corrected chi connectivity index (χ0v) is 15.0. The summed E-state index contributed by atoms with van der Waals surface area (Å²) in [6.45, 7) is 1.42. The number of hydrogen-bond acceptors (Lipinski definition) is 4. The molecule has 0 aliphatic carbocycles. The monoisotopic (exact) mass is 364 g/mol. The number of nitrogens with zero attached hydrogens (tertiary/aromatic N) is 1. The summed E-state index contributed by atoms with van der Waals surface area (Å²) >= 11 is 0. The Balaban J connectivity index is 1.56. The zero-order valence-electron chi connectivity index (χ0n) is 14.2. The third-order valence-electron chi connectivity index (χ3n) is 5.24. The first-order valence-electron chi connectivity index (χ1n) is 8.72. The molecule has 2 amide bonds. The predicted octanol–water partition coefficient (Wildman–Crippen LogP) is 1.00. The molecular weight excluding hydrogens is 340 g/mol. The maximum Gasteiger partial charge on any atom is 0.248 e. The van der Waals surface area contributed by atoms with E-state index < -0.39 is 15.7 Å². The maximum absolute atomic E-state index is 12.6. The summed E-state index contributed by atoms with van der Waals surface area (Å²) in [6, 6.07) is 7.32. The fourth-order valence-corrected chi connectivity index (χ4v) is 5.27. The normalized spacial score (nSPS) is 23.5. The minimum Gasteiger partial charge on any atom is -0.366 e. The van der Waals surface area contributed by atoms with Crippen molar-refractivity contribution in [2.24, 2.45) is 17.6 Å². The Hall–Kier alpha value is -1.89. The van der Waals surface area contributed by atoms with E-state index in [1.54, 1.807) is 6.07 Å². The van der Waals surface area contributed by atoms with Gasteiger partial charge in [0.15, 0.2) is 0 Å². The molecule has 3 rings (SSSR count). The molecule has 2 N–H and O–H groups in total. The van der Waals surface area contributed by atoms with Crippen molar-refractivity contribution in [2.45, 2.75) is 25.7 Å². The van der Waals surface area contributed by atoms with Crippen LogP contribution in [0.1, 0.15) is 35.2 Å². The molecule has 2 heterocycles. The Kier molecular flexibility index (Phi) is 5.13. The summed E-state index contributed by atoms with van der Waals surface area (Å²) in [5.41, 5.74) is 6.88. The van der Waals surface area contributed by atoms with Gasteiger partial charge in [0.25, 0.3) is 0 Å². The van der Waals surface area contributed by atoms with E-state index in [1.165, 1.54) is 0 Å². The average molecular weight is 364 g/mol. The van der Waals surface area contributed by atoms with Gasteiger partial charge >= 0.3 is 0 Å². The van der Waals surface area contributed by atoms with Gasteiger partial charge in [-0.15, -0.1) is 0 Å². The van der Waals surface area contributed by atoms with Crippen LogP contribution in [0.2, 0.25) is 0 Å². The molecule has 2 aliphatic rings. The fourth-order valence-electron chi connectivity index (χ4n) is 3.78. The lowest BCUT2D eigenvalue weighted by Crippen LogP contribution is -2.38. The molecule has 1 aromatic carbocycles. The van der Waals surface area contributed by atoms with Crippen LogP contribution in [0.4, 0.5) is 0 Å². The molecule has 1 atom stereocenters. The van der Waals surface area contributed by atoms with Gasteiger partial charge in [-0.2, -0.15) is 0 Å². The molecule has 1 aromatic rings. The van der Waals surface area contributed by atoms with Gasteiger partial charge in [0.05, 0.1) is 11.5 Å². The number of benzene rings is 1. The molecule has 2 aliphatic heterocycles. The van der Waals surface area contributed by atoms with Gasteiger partial charge in [-0.25, -0.2) is 8.42 Å². The Morgan fingerprint density at radius 3 is 2.56 bits per heavy atom. The number of carbonyl (C=O) groups excluding carboxylic acids is 2. The number of carbonyl (C=O) groups is 2. The van der Waals surface area contributed by atoms with Gasteiger partial charge in [-0.1, -0.05) is 12.1 Å². The van der Waals surface area contributed by atoms with Crippen LogP contribution in [0.3, 0.4) is 0 Å². The number of rotatable bonds is 4. The van der Waals surface area contributed by atoms with Crippen molar-refractivity contribution < 1.29 is 18.0 Å². The summed E-state index contributed by atoms with van der Waals surface area (Å²) in [5, 5.41) is 0. The van der Waals surface area contributed by atoms with E-state index in [-0.39, 0.29) is 23.3 Å². The highest BCUT2D eigenvalue weighted by Crippen LogP contribution is 2.26. The molecule has 136 valence electrons. The van der Waals surface area contributed by atoms with Crippen molar-refractivity contribution in [2.75, 3.05) is 24.6 Å². The van der Waals surface area contributed by atoms with Crippen molar-refractivity contribution in [3.63, 3.8) is 0 Å². The number of nitrogens with two attached hydrogens (primary N) is 1. The smallest absolute Gasteiger partial charge is 0.248 e. The van der Waals surface area contributed by atoms with Crippen LogP contribution in [-0.4, -0.2) is 49.7 Å². The van der Waals surface area contributed by atoms with Gasteiger partial charge in [-0.3, -0.25) is 9.59 Å². The third-order valence-corrected chi connectivity index (χ3v) is 6.95. The number of primary amides is 1. The number of likely N-dealkylation sites (tertiary alicyclic amines) is 1. The number of sulfone groups is 1. The van der Waals surface area contributed by atoms with E-state index in [4.69, 9.17) is 5.73 Å². The molecule has 0 radical (unpaired) electrons. The molecule has 0 saturated carbocycles. The first-order valence-corrected chi connectivity index (χ1v) is 10.5. The van der Waals surface area contributed by atoms with Gasteiger partial charge in [0.2, 0.25) is 11.8 Å². The molecule has 0 spiro atoms. The van der Waals surface area contributed by atoms with E-state index in [9.17, 15) is 18.0 Å². The Bertz CT molecular complexity index is 761. The predicted molar refractivity (Wildman–Crippen MR) is 94.7 cm³/mol.